The van der Waals surface area contributed by atoms with Gasteiger partial charge in [-0.1, -0.05) is 27.2 Å². The molecule has 0 aromatic heterocycles. The van der Waals surface area contributed by atoms with Gasteiger partial charge in [-0.15, -0.1) is 0 Å². The van der Waals surface area contributed by atoms with Crippen LogP contribution in [0, 0.1) is 10.8 Å². The molecule has 1 heterocycles. The molecule has 2 fully saturated rings. The van der Waals surface area contributed by atoms with Gasteiger partial charge in [0.25, 0.3) is 0 Å². The Bertz CT molecular complexity index is 317. The van der Waals surface area contributed by atoms with Crippen molar-refractivity contribution in [1.29, 1.82) is 0 Å². The Kier molecular flexibility index (Phi) is 4.83. The van der Waals surface area contributed by atoms with E-state index in [1.54, 1.807) is 0 Å². The largest absolute Gasteiger partial charge is 0.389 e. The first-order valence-corrected chi connectivity index (χ1v) is 8.40. The van der Waals surface area contributed by atoms with Gasteiger partial charge in [-0.25, -0.2) is 0 Å². The molecule has 0 aromatic carbocycles. The van der Waals surface area contributed by atoms with Gasteiger partial charge in [0.1, 0.15) is 0 Å². The summed E-state index contributed by atoms with van der Waals surface area (Å²) < 4.78 is 5.83. The highest BCUT2D eigenvalue weighted by molar-refractivity contribution is 5.05. The standard InChI is InChI=1S/C17H33NO2/c1-4-5-14-12-17(19,10-11-20-14)16(13-18)8-6-15(2,3)7-9-16/h14,19H,4-13,18H2,1-3H3. The lowest BCUT2D eigenvalue weighted by Crippen LogP contribution is -2.58. The van der Waals surface area contributed by atoms with E-state index in [0.717, 1.165) is 38.5 Å². The lowest BCUT2D eigenvalue weighted by Gasteiger charge is -2.54. The smallest absolute Gasteiger partial charge is 0.0762 e. The Morgan fingerprint density at radius 2 is 1.80 bits per heavy atom. The Morgan fingerprint density at radius 1 is 1.15 bits per heavy atom. The van der Waals surface area contributed by atoms with Crippen LogP contribution in [-0.4, -0.2) is 30.0 Å². The highest BCUT2D eigenvalue weighted by Crippen LogP contribution is 2.53. The maximum absolute atomic E-state index is 11.4. The summed E-state index contributed by atoms with van der Waals surface area (Å²) in [4.78, 5) is 0. The fourth-order valence-corrected chi connectivity index (χ4v) is 4.19. The number of hydrogen-bond acceptors (Lipinski definition) is 3. The second kappa shape index (κ2) is 5.94. The van der Waals surface area contributed by atoms with Crippen molar-refractivity contribution in [2.75, 3.05) is 13.2 Å². The highest BCUT2D eigenvalue weighted by Gasteiger charge is 2.53. The maximum atomic E-state index is 11.4. The molecule has 20 heavy (non-hydrogen) atoms. The summed E-state index contributed by atoms with van der Waals surface area (Å²) in [5.41, 5.74) is 5.87. The summed E-state index contributed by atoms with van der Waals surface area (Å²) in [6.07, 6.45) is 8.38. The fourth-order valence-electron chi connectivity index (χ4n) is 4.19. The summed E-state index contributed by atoms with van der Waals surface area (Å²) in [5.74, 6) is 0. The average molecular weight is 283 g/mol. The van der Waals surface area contributed by atoms with Crippen molar-refractivity contribution >= 4 is 0 Å². The normalized spacial score (nSPS) is 36.8. The van der Waals surface area contributed by atoms with E-state index in [-0.39, 0.29) is 11.5 Å². The van der Waals surface area contributed by atoms with Crippen LogP contribution in [-0.2, 0) is 4.74 Å². The zero-order valence-corrected chi connectivity index (χ0v) is 13.6. The van der Waals surface area contributed by atoms with Gasteiger partial charge in [0.05, 0.1) is 11.7 Å². The molecule has 1 saturated heterocycles. The Labute approximate surface area is 124 Å². The minimum Gasteiger partial charge on any atom is -0.389 e. The van der Waals surface area contributed by atoms with Gasteiger partial charge in [-0.3, -0.25) is 0 Å². The van der Waals surface area contributed by atoms with Crippen LogP contribution in [0.4, 0.5) is 0 Å². The van der Waals surface area contributed by atoms with Crippen molar-refractivity contribution in [3.8, 4) is 0 Å². The third kappa shape index (κ3) is 3.05. The first-order chi connectivity index (χ1) is 9.36. The molecule has 1 aliphatic carbocycles. The molecular formula is C17H33NO2. The molecule has 0 aromatic rings. The van der Waals surface area contributed by atoms with Crippen LogP contribution < -0.4 is 5.73 Å². The number of nitrogens with two attached hydrogens (primary N) is 1. The number of aliphatic hydroxyl groups is 1. The molecule has 0 radical (unpaired) electrons. The molecule has 2 aliphatic rings. The van der Waals surface area contributed by atoms with Crippen LogP contribution in [0.1, 0.15) is 72.1 Å². The molecule has 2 rings (SSSR count). The molecule has 3 heteroatoms. The molecular weight excluding hydrogens is 250 g/mol. The van der Waals surface area contributed by atoms with E-state index >= 15 is 0 Å². The molecule has 0 amide bonds. The molecule has 3 N–H and O–H groups in total. The van der Waals surface area contributed by atoms with Crippen LogP contribution >= 0.6 is 0 Å². The van der Waals surface area contributed by atoms with Gasteiger partial charge in [0, 0.05) is 31.4 Å². The van der Waals surface area contributed by atoms with Crippen molar-refractivity contribution in [3.63, 3.8) is 0 Å². The van der Waals surface area contributed by atoms with Gasteiger partial charge in [-0.2, -0.15) is 0 Å². The fraction of sp³-hybridized carbons (Fsp3) is 1.00. The van der Waals surface area contributed by atoms with Crippen molar-refractivity contribution in [2.24, 2.45) is 16.6 Å². The summed E-state index contributed by atoms with van der Waals surface area (Å²) in [5, 5.41) is 11.4. The molecule has 2 atom stereocenters. The molecule has 3 nitrogen and oxygen atoms in total. The lowest BCUT2D eigenvalue weighted by molar-refractivity contribution is -0.182. The second-order valence-electron chi connectivity index (χ2n) is 7.92. The van der Waals surface area contributed by atoms with E-state index in [2.05, 4.69) is 20.8 Å². The monoisotopic (exact) mass is 283 g/mol. The van der Waals surface area contributed by atoms with Crippen molar-refractivity contribution in [3.05, 3.63) is 0 Å². The van der Waals surface area contributed by atoms with Gasteiger partial charge >= 0.3 is 0 Å². The molecule has 2 unspecified atom stereocenters. The van der Waals surface area contributed by atoms with E-state index in [0.29, 0.717) is 18.6 Å². The van der Waals surface area contributed by atoms with E-state index in [4.69, 9.17) is 10.5 Å². The lowest BCUT2D eigenvalue weighted by atomic mass is 9.56. The molecule has 0 spiro atoms. The van der Waals surface area contributed by atoms with Crippen LogP contribution in [0.25, 0.3) is 0 Å². The number of ether oxygens (including phenoxy) is 1. The molecule has 1 aliphatic heterocycles. The van der Waals surface area contributed by atoms with E-state index < -0.39 is 5.60 Å². The number of rotatable bonds is 4. The molecule has 1 saturated carbocycles. The predicted octanol–water partition coefficient (Wildman–Crippen LogP) is 3.24. The van der Waals surface area contributed by atoms with Gasteiger partial charge in [0.2, 0.25) is 0 Å². The van der Waals surface area contributed by atoms with Crippen LogP contribution in [0.3, 0.4) is 0 Å². The Hall–Kier alpha value is -0.120. The third-order valence-corrected chi connectivity index (χ3v) is 5.98. The summed E-state index contributed by atoms with van der Waals surface area (Å²) in [6, 6.07) is 0. The number of hydrogen-bond donors (Lipinski definition) is 2. The van der Waals surface area contributed by atoms with Crippen molar-refractivity contribution in [2.45, 2.75) is 83.8 Å². The first kappa shape index (κ1) is 16.3. The zero-order valence-electron chi connectivity index (χ0n) is 13.6. The SMILES string of the molecule is CCCC1CC(O)(C2(CN)CCC(C)(C)CC2)CCO1. The first-order valence-electron chi connectivity index (χ1n) is 8.40. The average Bonchev–Trinajstić information content (AvgIpc) is 2.39. The Morgan fingerprint density at radius 3 is 2.35 bits per heavy atom. The van der Waals surface area contributed by atoms with E-state index in [9.17, 15) is 5.11 Å². The summed E-state index contributed by atoms with van der Waals surface area (Å²) in [7, 11) is 0. The molecule has 0 bridgehead atoms. The topological polar surface area (TPSA) is 55.5 Å². The van der Waals surface area contributed by atoms with Gasteiger partial charge in [-0.05, 0) is 37.5 Å². The zero-order chi connectivity index (χ0) is 14.9. The second-order valence-corrected chi connectivity index (χ2v) is 7.92. The summed E-state index contributed by atoms with van der Waals surface area (Å²) >= 11 is 0. The maximum Gasteiger partial charge on any atom is 0.0762 e. The minimum atomic E-state index is -0.615. The Balaban J connectivity index is 2.13. The van der Waals surface area contributed by atoms with E-state index in [1.165, 1.54) is 12.8 Å². The van der Waals surface area contributed by atoms with Crippen molar-refractivity contribution < 1.29 is 9.84 Å². The van der Waals surface area contributed by atoms with Gasteiger partial charge < -0.3 is 15.6 Å². The highest BCUT2D eigenvalue weighted by atomic mass is 16.5. The predicted molar refractivity (Wildman–Crippen MR) is 82.6 cm³/mol. The van der Waals surface area contributed by atoms with Crippen LogP contribution in [0.2, 0.25) is 0 Å². The van der Waals surface area contributed by atoms with Gasteiger partial charge in [0.15, 0.2) is 0 Å². The minimum absolute atomic E-state index is 0.0850. The summed E-state index contributed by atoms with van der Waals surface area (Å²) in [6.45, 7) is 8.15. The van der Waals surface area contributed by atoms with Crippen LogP contribution in [0.5, 0.6) is 0 Å². The third-order valence-electron chi connectivity index (χ3n) is 5.98. The van der Waals surface area contributed by atoms with Crippen LogP contribution in [0.15, 0.2) is 0 Å². The quantitative estimate of drug-likeness (QED) is 0.833. The van der Waals surface area contributed by atoms with E-state index in [1.807, 2.05) is 0 Å². The molecule has 118 valence electrons. The van der Waals surface area contributed by atoms with Crippen molar-refractivity contribution in [1.82, 2.24) is 0 Å².